The van der Waals surface area contributed by atoms with Crippen LogP contribution in [0.25, 0.3) is 0 Å². The number of piperidine rings is 1. The van der Waals surface area contributed by atoms with Crippen LogP contribution in [0.3, 0.4) is 0 Å². The zero-order valence-electron chi connectivity index (χ0n) is 16.2. The van der Waals surface area contributed by atoms with Crippen LogP contribution in [0.15, 0.2) is 24.3 Å². The lowest BCUT2D eigenvalue weighted by atomic mass is 9.91. The number of esters is 1. The molecule has 0 unspecified atom stereocenters. The van der Waals surface area contributed by atoms with Crippen molar-refractivity contribution in [1.29, 1.82) is 0 Å². The molecule has 0 saturated carbocycles. The lowest BCUT2D eigenvalue weighted by Crippen LogP contribution is -2.41. The molecule has 2 saturated heterocycles. The number of rotatable bonds is 6. The average molecular weight is 374 g/mol. The smallest absolute Gasteiger partial charge is 0.337 e. The summed E-state index contributed by atoms with van der Waals surface area (Å²) in [5, 5.41) is 0. The molecule has 0 radical (unpaired) electrons. The fraction of sp³-hybridized carbons (Fsp3) is 0.619. The molecule has 0 aromatic heterocycles. The molecule has 3 rings (SSSR count). The van der Waals surface area contributed by atoms with Gasteiger partial charge in [-0.3, -0.25) is 9.69 Å². The molecule has 2 aliphatic rings. The van der Waals surface area contributed by atoms with Gasteiger partial charge in [-0.05, 0) is 56.0 Å². The van der Waals surface area contributed by atoms with E-state index in [4.69, 9.17) is 9.47 Å². The molecule has 0 atom stereocenters. The number of carbonyl (C=O) groups is 2. The molecule has 0 bridgehead atoms. The molecule has 6 heteroatoms. The first-order valence-corrected chi connectivity index (χ1v) is 9.91. The Bertz CT molecular complexity index is 618. The molecular formula is C21H30N2O4. The number of morpholine rings is 1. The van der Waals surface area contributed by atoms with Crippen molar-refractivity contribution in [2.24, 2.45) is 5.92 Å². The Balaban J connectivity index is 1.37. The van der Waals surface area contributed by atoms with E-state index in [9.17, 15) is 9.59 Å². The summed E-state index contributed by atoms with van der Waals surface area (Å²) >= 11 is 0. The first-order chi connectivity index (χ1) is 13.2. The minimum Gasteiger partial charge on any atom is -0.465 e. The van der Waals surface area contributed by atoms with Crippen LogP contribution >= 0.6 is 0 Å². The van der Waals surface area contributed by atoms with E-state index in [1.165, 1.54) is 12.7 Å². The van der Waals surface area contributed by atoms with Gasteiger partial charge >= 0.3 is 5.97 Å². The second kappa shape index (κ2) is 9.85. The second-order valence-electron chi connectivity index (χ2n) is 7.44. The minimum absolute atomic E-state index is 0.284. The number of ether oxygens (including phenoxy) is 2. The summed E-state index contributed by atoms with van der Waals surface area (Å²) in [5.74, 6) is 0.633. The predicted molar refractivity (Wildman–Crippen MR) is 102 cm³/mol. The lowest BCUT2D eigenvalue weighted by Gasteiger charge is -2.32. The van der Waals surface area contributed by atoms with E-state index < -0.39 is 0 Å². The third kappa shape index (κ3) is 5.78. The molecule has 1 aromatic carbocycles. The summed E-state index contributed by atoms with van der Waals surface area (Å²) in [6.45, 7) is 5.86. The van der Waals surface area contributed by atoms with Crippen molar-refractivity contribution in [2.45, 2.75) is 32.2 Å². The molecule has 2 aliphatic heterocycles. The van der Waals surface area contributed by atoms with Crippen LogP contribution in [0.2, 0.25) is 0 Å². The quantitative estimate of drug-likeness (QED) is 0.715. The van der Waals surface area contributed by atoms with E-state index in [1.807, 2.05) is 29.2 Å². The highest BCUT2D eigenvalue weighted by Gasteiger charge is 2.22. The van der Waals surface area contributed by atoms with Crippen LogP contribution in [0.4, 0.5) is 0 Å². The SMILES string of the molecule is COC(=O)c1ccc(CN2CCC(CCC(=O)N3CCOCC3)CC2)cc1. The largest absolute Gasteiger partial charge is 0.465 e. The molecule has 2 fully saturated rings. The maximum Gasteiger partial charge on any atom is 0.337 e. The third-order valence-electron chi connectivity index (χ3n) is 5.62. The normalized spacial score (nSPS) is 19.1. The Morgan fingerprint density at radius 1 is 1.07 bits per heavy atom. The highest BCUT2D eigenvalue weighted by molar-refractivity contribution is 5.89. The number of carbonyl (C=O) groups excluding carboxylic acids is 2. The molecule has 0 aliphatic carbocycles. The summed E-state index contributed by atoms with van der Waals surface area (Å²) in [6.07, 6.45) is 3.96. The summed E-state index contributed by atoms with van der Waals surface area (Å²) in [4.78, 5) is 28.2. The number of benzene rings is 1. The van der Waals surface area contributed by atoms with Crippen molar-refractivity contribution in [3.05, 3.63) is 35.4 Å². The molecule has 1 amide bonds. The Hall–Kier alpha value is -1.92. The van der Waals surface area contributed by atoms with Gasteiger partial charge in [0, 0.05) is 26.1 Å². The Labute approximate surface area is 161 Å². The number of hydrogen-bond donors (Lipinski definition) is 0. The fourth-order valence-electron chi connectivity index (χ4n) is 3.85. The molecule has 0 N–H and O–H groups in total. The number of methoxy groups -OCH3 is 1. The number of nitrogens with zero attached hydrogens (tertiary/aromatic N) is 2. The zero-order chi connectivity index (χ0) is 19.1. The van der Waals surface area contributed by atoms with Crippen LogP contribution in [0.5, 0.6) is 0 Å². The fourth-order valence-corrected chi connectivity index (χ4v) is 3.85. The highest BCUT2D eigenvalue weighted by Crippen LogP contribution is 2.23. The lowest BCUT2D eigenvalue weighted by molar-refractivity contribution is -0.135. The molecule has 2 heterocycles. The van der Waals surface area contributed by atoms with Crippen LogP contribution in [-0.4, -0.2) is 68.2 Å². The zero-order valence-corrected chi connectivity index (χ0v) is 16.2. The minimum atomic E-state index is -0.297. The summed E-state index contributed by atoms with van der Waals surface area (Å²) in [6, 6.07) is 7.65. The van der Waals surface area contributed by atoms with Crippen molar-refractivity contribution in [3.63, 3.8) is 0 Å². The summed E-state index contributed by atoms with van der Waals surface area (Å²) in [7, 11) is 1.40. The van der Waals surface area contributed by atoms with E-state index in [0.717, 1.165) is 52.0 Å². The Morgan fingerprint density at radius 3 is 2.37 bits per heavy atom. The van der Waals surface area contributed by atoms with Crippen molar-refractivity contribution in [2.75, 3.05) is 46.5 Å². The van der Waals surface area contributed by atoms with Gasteiger partial charge in [-0.15, -0.1) is 0 Å². The molecule has 148 valence electrons. The summed E-state index contributed by atoms with van der Waals surface area (Å²) in [5.41, 5.74) is 1.80. The monoisotopic (exact) mass is 374 g/mol. The third-order valence-corrected chi connectivity index (χ3v) is 5.62. The predicted octanol–water partition coefficient (Wildman–Crippen LogP) is 2.32. The average Bonchev–Trinajstić information content (AvgIpc) is 2.73. The molecule has 1 aromatic rings. The van der Waals surface area contributed by atoms with Crippen LogP contribution in [0, 0.1) is 5.92 Å². The first kappa shape index (κ1) is 19.8. The van der Waals surface area contributed by atoms with Crippen LogP contribution < -0.4 is 0 Å². The molecule has 27 heavy (non-hydrogen) atoms. The standard InChI is InChI=1S/C21H30N2O4/c1-26-21(25)19-5-2-18(3-6-19)16-22-10-8-17(9-11-22)4-7-20(24)23-12-14-27-15-13-23/h2-3,5-6,17H,4,7-16H2,1H3. The van der Waals surface area contributed by atoms with Crippen LogP contribution in [0.1, 0.15) is 41.6 Å². The van der Waals surface area contributed by atoms with E-state index in [2.05, 4.69) is 4.90 Å². The van der Waals surface area contributed by atoms with Crippen molar-refractivity contribution in [1.82, 2.24) is 9.80 Å². The van der Waals surface area contributed by atoms with E-state index in [1.54, 1.807) is 0 Å². The molecule has 6 nitrogen and oxygen atoms in total. The van der Waals surface area contributed by atoms with Crippen molar-refractivity contribution >= 4 is 11.9 Å². The number of likely N-dealkylation sites (tertiary alicyclic amines) is 1. The first-order valence-electron chi connectivity index (χ1n) is 9.91. The van der Waals surface area contributed by atoms with Gasteiger partial charge in [-0.2, -0.15) is 0 Å². The van der Waals surface area contributed by atoms with E-state index in [0.29, 0.717) is 31.1 Å². The van der Waals surface area contributed by atoms with Crippen molar-refractivity contribution < 1.29 is 19.1 Å². The van der Waals surface area contributed by atoms with Gasteiger partial charge < -0.3 is 14.4 Å². The van der Waals surface area contributed by atoms with Gasteiger partial charge in [-0.1, -0.05) is 12.1 Å². The number of hydrogen-bond acceptors (Lipinski definition) is 5. The second-order valence-corrected chi connectivity index (χ2v) is 7.44. The van der Waals surface area contributed by atoms with Gasteiger partial charge in [0.1, 0.15) is 0 Å². The van der Waals surface area contributed by atoms with E-state index >= 15 is 0 Å². The van der Waals surface area contributed by atoms with E-state index in [-0.39, 0.29) is 11.9 Å². The topological polar surface area (TPSA) is 59.1 Å². The van der Waals surface area contributed by atoms with Gasteiger partial charge in [0.05, 0.1) is 25.9 Å². The van der Waals surface area contributed by atoms with Crippen molar-refractivity contribution in [3.8, 4) is 0 Å². The maximum absolute atomic E-state index is 12.3. The van der Waals surface area contributed by atoms with Crippen LogP contribution in [-0.2, 0) is 20.8 Å². The number of amides is 1. The Morgan fingerprint density at radius 2 is 1.74 bits per heavy atom. The molecular weight excluding hydrogens is 344 g/mol. The summed E-state index contributed by atoms with van der Waals surface area (Å²) < 4.78 is 10.0. The van der Waals surface area contributed by atoms with Gasteiger partial charge in [0.2, 0.25) is 5.91 Å². The van der Waals surface area contributed by atoms with Gasteiger partial charge in [0.25, 0.3) is 0 Å². The molecule has 0 spiro atoms. The van der Waals surface area contributed by atoms with Gasteiger partial charge in [0.15, 0.2) is 0 Å². The van der Waals surface area contributed by atoms with Gasteiger partial charge in [-0.25, -0.2) is 4.79 Å². The highest BCUT2D eigenvalue weighted by atomic mass is 16.5. The Kier molecular flexibility index (Phi) is 7.24. The maximum atomic E-state index is 12.3.